The third-order valence-electron chi connectivity index (χ3n) is 2.90. The fraction of sp³-hybridized carbons (Fsp3) is 0.0714. The smallest absolute Gasteiger partial charge is 0.255 e. The molecule has 1 amide bonds. The summed E-state index contributed by atoms with van der Waals surface area (Å²) in [5.41, 5.74) is 7.16. The summed E-state index contributed by atoms with van der Waals surface area (Å²) in [5.74, 6) is 0.887. The topological polar surface area (TPSA) is 73.6 Å². The van der Waals surface area contributed by atoms with Gasteiger partial charge in [0, 0.05) is 10.6 Å². The Morgan fingerprint density at radius 2 is 1.95 bits per heavy atom. The van der Waals surface area contributed by atoms with Crippen molar-refractivity contribution in [2.24, 2.45) is 0 Å². The average molecular weight is 291 g/mol. The zero-order valence-electron chi connectivity index (χ0n) is 10.4. The highest BCUT2D eigenvalue weighted by atomic mass is 35.5. The molecule has 0 spiro atoms. The van der Waals surface area contributed by atoms with Crippen molar-refractivity contribution in [1.82, 2.24) is 0 Å². The molecule has 0 unspecified atom stereocenters. The molecule has 20 heavy (non-hydrogen) atoms. The number of hydrogen-bond donors (Lipinski definition) is 2. The Bertz CT molecular complexity index is 688. The highest BCUT2D eigenvalue weighted by Gasteiger charge is 2.16. The number of nitrogens with one attached hydrogen (secondary N) is 1. The Morgan fingerprint density at radius 1 is 1.15 bits per heavy atom. The molecule has 0 saturated carbocycles. The predicted molar refractivity (Wildman–Crippen MR) is 76.4 cm³/mol. The summed E-state index contributed by atoms with van der Waals surface area (Å²) in [6, 6.07) is 9.87. The van der Waals surface area contributed by atoms with Crippen molar-refractivity contribution >= 4 is 28.9 Å². The summed E-state index contributed by atoms with van der Waals surface area (Å²) >= 11 is 5.88. The van der Waals surface area contributed by atoms with Gasteiger partial charge in [-0.15, -0.1) is 0 Å². The van der Waals surface area contributed by atoms with Gasteiger partial charge in [-0.2, -0.15) is 0 Å². The van der Waals surface area contributed by atoms with Crippen molar-refractivity contribution in [2.75, 3.05) is 17.8 Å². The van der Waals surface area contributed by atoms with Crippen LogP contribution in [0, 0.1) is 0 Å². The normalized spacial score (nSPS) is 12.2. The van der Waals surface area contributed by atoms with E-state index in [4.69, 9.17) is 26.8 Å². The Morgan fingerprint density at radius 3 is 2.80 bits per heavy atom. The molecule has 0 saturated heterocycles. The van der Waals surface area contributed by atoms with Gasteiger partial charge in [0.2, 0.25) is 6.79 Å². The van der Waals surface area contributed by atoms with Crippen LogP contribution in [0.15, 0.2) is 36.4 Å². The highest BCUT2D eigenvalue weighted by Crippen LogP contribution is 2.33. The lowest BCUT2D eigenvalue weighted by Crippen LogP contribution is -2.13. The molecule has 0 aromatic heterocycles. The fourth-order valence-corrected chi connectivity index (χ4v) is 2.04. The van der Waals surface area contributed by atoms with Crippen LogP contribution < -0.4 is 20.5 Å². The van der Waals surface area contributed by atoms with Crippen molar-refractivity contribution in [3.05, 3.63) is 47.0 Å². The van der Waals surface area contributed by atoms with Crippen LogP contribution in [-0.2, 0) is 0 Å². The predicted octanol–water partition coefficient (Wildman–Crippen LogP) is 2.90. The van der Waals surface area contributed by atoms with Gasteiger partial charge in [-0.25, -0.2) is 0 Å². The van der Waals surface area contributed by atoms with Gasteiger partial charge >= 0.3 is 0 Å². The Balaban J connectivity index is 1.84. The minimum Gasteiger partial charge on any atom is -0.454 e. The van der Waals surface area contributed by atoms with E-state index >= 15 is 0 Å². The number of halogens is 1. The van der Waals surface area contributed by atoms with E-state index in [-0.39, 0.29) is 12.7 Å². The molecule has 1 heterocycles. The van der Waals surface area contributed by atoms with Gasteiger partial charge in [0.1, 0.15) is 0 Å². The number of benzene rings is 2. The van der Waals surface area contributed by atoms with Gasteiger partial charge < -0.3 is 20.5 Å². The lowest BCUT2D eigenvalue weighted by Gasteiger charge is -2.09. The maximum absolute atomic E-state index is 12.2. The monoisotopic (exact) mass is 290 g/mol. The number of ether oxygens (including phenoxy) is 2. The molecule has 0 radical (unpaired) electrons. The molecule has 5 nitrogen and oxygen atoms in total. The third kappa shape index (κ3) is 2.35. The number of hydrogen-bond acceptors (Lipinski definition) is 4. The molecule has 6 heteroatoms. The molecule has 0 bridgehead atoms. The van der Waals surface area contributed by atoms with Gasteiger partial charge in [-0.05, 0) is 36.4 Å². The molecule has 3 rings (SSSR count). The van der Waals surface area contributed by atoms with Crippen molar-refractivity contribution < 1.29 is 14.3 Å². The van der Waals surface area contributed by atoms with Crippen molar-refractivity contribution in [1.29, 1.82) is 0 Å². The van der Waals surface area contributed by atoms with E-state index < -0.39 is 0 Å². The SMILES string of the molecule is Nc1ccc(Cl)cc1NC(=O)c1ccc2c(c1)OCO2. The minimum atomic E-state index is -0.294. The van der Waals surface area contributed by atoms with E-state index in [2.05, 4.69) is 5.32 Å². The molecule has 0 fully saturated rings. The Labute approximate surface area is 120 Å². The van der Waals surface area contributed by atoms with Gasteiger partial charge in [0.25, 0.3) is 5.91 Å². The summed E-state index contributed by atoms with van der Waals surface area (Å²) in [6.07, 6.45) is 0. The van der Waals surface area contributed by atoms with Gasteiger partial charge in [-0.1, -0.05) is 11.6 Å². The molecule has 1 aliphatic heterocycles. The number of amides is 1. The van der Waals surface area contributed by atoms with Gasteiger partial charge in [-0.3, -0.25) is 4.79 Å². The summed E-state index contributed by atoms with van der Waals surface area (Å²) in [6.45, 7) is 0.168. The third-order valence-corrected chi connectivity index (χ3v) is 3.13. The number of nitrogen functional groups attached to an aromatic ring is 1. The average Bonchev–Trinajstić information content (AvgIpc) is 2.90. The van der Waals surface area contributed by atoms with E-state index in [9.17, 15) is 4.79 Å². The molecule has 0 atom stereocenters. The zero-order valence-corrected chi connectivity index (χ0v) is 11.1. The molecule has 0 aliphatic carbocycles. The van der Waals surface area contributed by atoms with Crippen molar-refractivity contribution in [3.63, 3.8) is 0 Å². The maximum atomic E-state index is 12.2. The van der Waals surface area contributed by atoms with E-state index in [0.717, 1.165) is 0 Å². The number of carbonyl (C=O) groups excluding carboxylic acids is 1. The highest BCUT2D eigenvalue weighted by molar-refractivity contribution is 6.31. The molecular weight excluding hydrogens is 280 g/mol. The largest absolute Gasteiger partial charge is 0.454 e. The van der Waals surface area contributed by atoms with Crippen LogP contribution >= 0.6 is 11.6 Å². The number of carbonyl (C=O) groups is 1. The maximum Gasteiger partial charge on any atom is 0.255 e. The fourth-order valence-electron chi connectivity index (χ4n) is 1.87. The number of nitrogens with two attached hydrogens (primary N) is 1. The van der Waals surface area contributed by atoms with Crippen molar-refractivity contribution in [3.8, 4) is 11.5 Å². The second kappa shape index (κ2) is 4.94. The second-order valence-corrected chi connectivity index (χ2v) is 4.69. The first-order valence-electron chi connectivity index (χ1n) is 5.89. The Hall–Kier alpha value is -2.40. The zero-order chi connectivity index (χ0) is 14.1. The van der Waals surface area contributed by atoms with Crippen LogP contribution in [0.25, 0.3) is 0 Å². The van der Waals surface area contributed by atoms with E-state index in [1.54, 1.807) is 36.4 Å². The quantitative estimate of drug-likeness (QED) is 0.834. The summed E-state index contributed by atoms with van der Waals surface area (Å²) in [4.78, 5) is 12.2. The van der Waals surface area contributed by atoms with Crippen LogP contribution in [0.3, 0.4) is 0 Å². The minimum absolute atomic E-state index is 0.168. The first-order chi connectivity index (χ1) is 9.63. The standard InChI is InChI=1S/C14H11ClN2O3/c15-9-2-3-10(16)11(6-9)17-14(18)8-1-4-12-13(5-8)20-7-19-12/h1-6H,7,16H2,(H,17,18). The molecule has 2 aromatic carbocycles. The number of fused-ring (bicyclic) bond motifs is 1. The molecule has 3 N–H and O–H groups in total. The van der Waals surface area contributed by atoms with Gasteiger partial charge in [0.05, 0.1) is 11.4 Å². The number of rotatable bonds is 2. The second-order valence-electron chi connectivity index (χ2n) is 4.25. The lowest BCUT2D eigenvalue weighted by atomic mass is 10.2. The van der Waals surface area contributed by atoms with Crippen LogP contribution in [0.5, 0.6) is 11.5 Å². The molecule has 2 aromatic rings. The first-order valence-corrected chi connectivity index (χ1v) is 6.27. The van der Waals surface area contributed by atoms with Crippen LogP contribution in [0.4, 0.5) is 11.4 Å². The lowest BCUT2D eigenvalue weighted by molar-refractivity contribution is 0.102. The summed E-state index contributed by atoms with van der Waals surface area (Å²) in [7, 11) is 0. The first kappa shape index (κ1) is 12.6. The molecule has 1 aliphatic rings. The number of anilines is 2. The molecular formula is C14H11ClN2O3. The Kier molecular flexibility index (Phi) is 3.12. The van der Waals surface area contributed by atoms with Crippen LogP contribution in [0.2, 0.25) is 5.02 Å². The van der Waals surface area contributed by atoms with Gasteiger partial charge in [0.15, 0.2) is 11.5 Å². The van der Waals surface area contributed by atoms with E-state index in [1.165, 1.54) is 0 Å². The van der Waals surface area contributed by atoms with E-state index in [1.807, 2.05) is 0 Å². The molecule has 102 valence electrons. The van der Waals surface area contributed by atoms with E-state index in [0.29, 0.717) is 33.5 Å². The van der Waals surface area contributed by atoms with Crippen molar-refractivity contribution in [2.45, 2.75) is 0 Å². The van der Waals surface area contributed by atoms with Crippen LogP contribution in [0.1, 0.15) is 10.4 Å². The van der Waals surface area contributed by atoms with Crippen LogP contribution in [-0.4, -0.2) is 12.7 Å². The summed E-state index contributed by atoms with van der Waals surface area (Å²) in [5, 5.41) is 3.21. The summed E-state index contributed by atoms with van der Waals surface area (Å²) < 4.78 is 10.4.